The van der Waals surface area contributed by atoms with E-state index >= 15 is 0 Å². The molecule has 0 aliphatic carbocycles. The maximum atomic E-state index is 13.3. The first-order valence-corrected chi connectivity index (χ1v) is 9.56. The van der Waals surface area contributed by atoms with Crippen molar-refractivity contribution in [2.45, 2.75) is 31.6 Å². The standard InChI is InChI=1S/C20H21NO2S/c1-3-7-18-12-15-20(17-8-5-4-6-9-17)21(18)24(22,23)19-13-10-16(2)11-14-19/h4-6,8-15H,3,7H2,1-2H3. The first kappa shape index (κ1) is 16.5. The molecule has 0 saturated heterocycles. The lowest BCUT2D eigenvalue weighted by Crippen LogP contribution is -2.17. The molecule has 4 heteroatoms. The first-order chi connectivity index (χ1) is 11.5. The van der Waals surface area contributed by atoms with Gasteiger partial charge in [-0.15, -0.1) is 0 Å². The second-order valence-electron chi connectivity index (χ2n) is 5.91. The average molecular weight is 339 g/mol. The minimum absolute atomic E-state index is 0.318. The van der Waals surface area contributed by atoms with Gasteiger partial charge < -0.3 is 0 Å². The van der Waals surface area contributed by atoms with Gasteiger partial charge in [0.2, 0.25) is 0 Å². The predicted octanol–water partition coefficient (Wildman–Crippen LogP) is 4.65. The Morgan fingerprint density at radius 3 is 2.17 bits per heavy atom. The second kappa shape index (κ2) is 6.65. The molecule has 0 bridgehead atoms. The molecule has 2 aromatic carbocycles. The summed E-state index contributed by atoms with van der Waals surface area (Å²) in [5.74, 6) is 0. The minimum atomic E-state index is -3.63. The lowest BCUT2D eigenvalue weighted by Gasteiger charge is -2.14. The monoisotopic (exact) mass is 339 g/mol. The van der Waals surface area contributed by atoms with Gasteiger partial charge in [0.1, 0.15) is 0 Å². The van der Waals surface area contributed by atoms with E-state index in [1.807, 2.05) is 61.5 Å². The molecule has 0 aliphatic heterocycles. The Balaban J connectivity index is 2.21. The number of hydrogen-bond acceptors (Lipinski definition) is 2. The van der Waals surface area contributed by atoms with Gasteiger partial charge in [0.25, 0.3) is 10.0 Å². The third kappa shape index (κ3) is 3.02. The Hall–Kier alpha value is -2.33. The van der Waals surface area contributed by atoms with Crippen LogP contribution in [-0.4, -0.2) is 12.4 Å². The van der Waals surface area contributed by atoms with Gasteiger partial charge in [-0.1, -0.05) is 61.4 Å². The van der Waals surface area contributed by atoms with Crippen molar-refractivity contribution in [3.8, 4) is 11.3 Å². The van der Waals surface area contributed by atoms with Gasteiger partial charge in [-0.2, -0.15) is 0 Å². The normalized spacial score (nSPS) is 11.6. The van der Waals surface area contributed by atoms with E-state index in [4.69, 9.17) is 0 Å². The molecule has 0 amide bonds. The molecule has 0 fully saturated rings. The fourth-order valence-electron chi connectivity index (χ4n) is 2.83. The van der Waals surface area contributed by atoms with Gasteiger partial charge in [0.15, 0.2) is 0 Å². The van der Waals surface area contributed by atoms with Gasteiger partial charge in [-0.3, -0.25) is 0 Å². The quantitative estimate of drug-likeness (QED) is 0.678. The molecule has 1 aromatic heterocycles. The predicted molar refractivity (Wildman–Crippen MR) is 97.6 cm³/mol. The summed E-state index contributed by atoms with van der Waals surface area (Å²) in [6.07, 6.45) is 1.61. The maximum Gasteiger partial charge on any atom is 0.268 e. The van der Waals surface area contributed by atoms with E-state index < -0.39 is 10.0 Å². The zero-order chi connectivity index (χ0) is 17.2. The molecule has 0 atom stereocenters. The zero-order valence-corrected chi connectivity index (χ0v) is 14.8. The third-order valence-corrected chi connectivity index (χ3v) is 5.83. The summed E-state index contributed by atoms with van der Waals surface area (Å²) in [6, 6.07) is 20.5. The number of rotatable bonds is 5. The number of aryl methyl sites for hydroxylation is 2. The summed E-state index contributed by atoms with van der Waals surface area (Å²) >= 11 is 0. The van der Waals surface area contributed by atoms with Crippen LogP contribution in [0.3, 0.4) is 0 Å². The van der Waals surface area contributed by atoms with Gasteiger partial charge in [0.05, 0.1) is 10.6 Å². The summed E-state index contributed by atoms with van der Waals surface area (Å²) in [5, 5.41) is 0. The lowest BCUT2D eigenvalue weighted by molar-refractivity contribution is 0.585. The van der Waals surface area contributed by atoms with Crippen molar-refractivity contribution in [2.75, 3.05) is 0 Å². The Bertz CT molecular complexity index is 924. The highest BCUT2D eigenvalue weighted by Gasteiger charge is 2.23. The zero-order valence-electron chi connectivity index (χ0n) is 13.9. The van der Waals surface area contributed by atoms with E-state index in [1.165, 1.54) is 3.97 Å². The second-order valence-corrected chi connectivity index (χ2v) is 7.70. The molecule has 3 rings (SSSR count). The van der Waals surface area contributed by atoms with Crippen LogP contribution in [0.5, 0.6) is 0 Å². The van der Waals surface area contributed by atoms with Crippen LogP contribution in [0.25, 0.3) is 11.3 Å². The highest BCUT2D eigenvalue weighted by molar-refractivity contribution is 7.90. The van der Waals surface area contributed by atoms with Crippen molar-refractivity contribution in [1.82, 2.24) is 3.97 Å². The lowest BCUT2D eigenvalue weighted by atomic mass is 10.2. The van der Waals surface area contributed by atoms with E-state index in [2.05, 4.69) is 6.92 Å². The summed E-state index contributed by atoms with van der Waals surface area (Å²) in [5.41, 5.74) is 3.46. The van der Waals surface area contributed by atoms with Gasteiger partial charge in [0, 0.05) is 5.69 Å². The van der Waals surface area contributed by atoms with Crippen LogP contribution in [0.4, 0.5) is 0 Å². The van der Waals surface area contributed by atoms with Crippen molar-refractivity contribution in [3.05, 3.63) is 78.0 Å². The molecule has 0 N–H and O–H groups in total. The molecule has 3 aromatic rings. The van der Waals surface area contributed by atoms with Crippen LogP contribution in [-0.2, 0) is 16.4 Å². The Kier molecular flexibility index (Phi) is 4.58. The summed E-state index contributed by atoms with van der Waals surface area (Å²) in [6.45, 7) is 4.00. The Morgan fingerprint density at radius 2 is 1.54 bits per heavy atom. The molecular weight excluding hydrogens is 318 g/mol. The summed E-state index contributed by atoms with van der Waals surface area (Å²) < 4.78 is 28.0. The highest BCUT2D eigenvalue weighted by atomic mass is 32.2. The molecule has 0 spiro atoms. The third-order valence-electron chi connectivity index (χ3n) is 4.05. The van der Waals surface area contributed by atoms with Crippen LogP contribution in [0.1, 0.15) is 24.6 Å². The summed E-state index contributed by atoms with van der Waals surface area (Å²) in [7, 11) is -3.63. The SMILES string of the molecule is CCCc1ccc(-c2ccccc2)n1S(=O)(=O)c1ccc(C)cc1. The van der Waals surface area contributed by atoms with Crippen LogP contribution in [0, 0.1) is 6.92 Å². The van der Waals surface area contributed by atoms with Crippen molar-refractivity contribution >= 4 is 10.0 Å². The molecule has 0 unspecified atom stereocenters. The van der Waals surface area contributed by atoms with E-state index in [1.54, 1.807) is 12.1 Å². The van der Waals surface area contributed by atoms with Gasteiger partial charge in [-0.05, 0) is 43.2 Å². The molecule has 0 saturated carbocycles. The number of hydrogen-bond donors (Lipinski definition) is 0. The fourth-order valence-corrected chi connectivity index (χ4v) is 4.41. The van der Waals surface area contributed by atoms with Gasteiger partial charge in [-0.25, -0.2) is 12.4 Å². The Morgan fingerprint density at radius 1 is 0.875 bits per heavy atom. The number of benzene rings is 2. The Labute approximate surface area is 143 Å². The van der Waals surface area contributed by atoms with Crippen molar-refractivity contribution in [1.29, 1.82) is 0 Å². The van der Waals surface area contributed by atoms with Crippen molar-refractivity contribution in [3.63, 3.8) is 0 Å². The average Bonchev–Trinajstić information content (AvgIpc) is 3.01. The molecular formula is C20H21NO2S. The molecule has 3 nitrogen and oxygen atoms in total. The first-order valence-electron chi connectivity index (χ1n) is 8.12. The molecule has 1 heterocycles. The molecule has 24 heavy (non-hydrogen) atoms. The van der Waals surface area contributed by atoms with E-state index in [0.717, 1.165) is 29.7 Å². The van der Waals surface area contributed by atoms with Crippen molar-refractivity contribution in [2.24, 2.45) is 0 Å². The van der Waals surface area contributed by atoms with E-state index in [0.29, 0.717) is 10.6 Å². The van der Waals surface area contributed by atoms with Crippen LogP contribution < -0.4 is 0 Å². The van der Waals surface area contributed by atoms with Crippen molar-refractivity contribution < 1.29 is 8.42 Å². The van der Waals surface area contributed by atoms with E-state index in [9.17, 15) is 8.42 Å². The van der Waals surface area contributed by atoms with E-state index in [-0.39, 0.29) is 0 Å². The topological polar surface area (TPSA) is 39.1 Å². The smallest absolute Gasteiger partial charge is 0.238 e. The fraction of sp³-hybridized carbons (Fsp3) is 0.200. The van der Waals surface area contributed by atoms with Crippen LogP contribution in [0.15, 0.2) is 71.6 Å². The number of aromatic nitrogens is 1. The van der Waals surface area contributed by atoms with Gasteiger partial charge >= 0.3 is 0 Å². The largest absolute Gasteiger partial charge is 0.268 e. The summed E-state index contributed by atoms with van der Waals surface area (Å²) in [4.78, 5) is 0.318. The maximum absolute atomic E-state index is 13.3. The molecule has 0 radical (unpaired) electrons. The highest BCUT2D eigenvalue weighted by Crippen LogP contribution is 2.28. The molecule has 124 valence electrons. The number of nitrogens with zero attached hydrogens (tertiary/aromatic N) is 1. The molecule has 0 aliphatic rings. The van der Waals surface area contributed by atoms with Crippen LogP contribution in [0.2, 0.25) is 0 Å². The minimum Gasteiger partial charge on any atom is -0.238 e. The van der Waals surface area contributed by atoms with Crippen LogP contribution >= 0.6 is 0 Å².